The molecule has 0 aromatic heterocycles. The topological polar surface area (TPSA) is 41.1 Å². The molecule has 0 radical (unpaired) electrons. The first-order chi connectivity index (χ1) is 7.70. The van der Waals surface area contributed by atoms with E-state index in [4.69, 9.17) is 0 Å². The van der Waals surface area contributed by atoms with E-state index in [1.807, 2.05) is 19.1 Å². The SMILES string of the molecule is Cc1c(Br)cc(NCC2CNC2)cc1C=O. The Kier molecular flexibility index (Phi) is 3.61. The van der Waals surface area contributed by atoms with Gasteiger partial charge >= 0.3 is 0 Å². The van der Waals surface area contributed by atoms with Crippen molar-refractivity contribution >= 4 is 27.9 Å². The van der Waals surface area contributed by atoms with Crippen LogP contribution in [0.15, 0.2) is 16.6 Å². The third-order valence-corrected chi connectivity index (χ3v) is 3.80. The number of halogens is 1. The van der Waals surface area contributed by atoms with Gasteiger partial charge in [-0.25, -0.2) is 0 Å². The summed E-state index contributed by atoms with van der Waals surface area (Å²) in [4.78, 5) is 10.9. The van der Waals surface area contributed by atoms with Crippen molar-refractivity contribution in [2.75, 3.05) is 25.0 Å². The molecule has 0 unspecified atom stereocenters. The van der Waals surface area contributed by atoms with Crippen LogP contribution in [-0.4, -0.2) is 25.9 Å². The van der Waals surface area contributed by atoms with Crippen molar-refractivity contribution in [3.8, 4) is 0 Å². The number of carbonyl (C=O) groups is 1. The number of hydrogen-bond acceptors (Lipinski definition) is 3. The summed E-state index contributed by atoms with van der Waals surface area (Å²) in [5.74, 6) is 0.708. The van der Waals surface area contributed by atoms with Gasteiger partial charge < -0.3 is 10.6 Å². The molecule has 0 saturated carbocycles. The smallest absolute Gasteiger partial charge is 0.150 e. The van der Waals surface area contributed by atoms with Crippen LogP contribution >= 0.6 is 15.9 Å². The van der Waals surface area contributed by atoms with Crippen LogP contribution in [0, 0.1) is 12.8 Å². The summed E-state index contributed by atoms with van der Waals surface area (Å²) in [6.45, 7) is 5.06. The lowest BCUT2D eigenvalue weighted by atomic mass is 10.0. The zero-order chi connectivity index (χ0) is 11.5. The summed E-state index contributed by atoms with van der Waals surface area (Å²) in [6, 6.07) is 3.92. The molecule has 0 spiro atoms. The van der Waals surface area contributed by atoms with Crippen LogP contribution < -0.4 is 10.6 Å². The minimum atomic E-state index is 0.708. The Balaban J connectivity index is 2.08. The first-order valence-electron chi connectivity index (χ1n) is 5.40. The van der Waals surface area contributed by atoms with Crippen molar-refractivity contribution in [3.63, 3.8) is 0 Å². The van der Waals surface area contributed by atoms with E-state index in [0.717, 1.165) is 47.2 Å². The highest BCUT2D eigenvalue weighted by Gasteiger charge is 2.16. The largest absolute Gasteiger partial charge is 0.385 e. The monoisotopic (exact) mass is 282 g/mol. The van der Waals surface area contributed by atoms with Crippen molar-refractivity contribution in [2.24, 2.45) is 5.92 Å². The Hall–Kier alpha value is -0.870. The Labute approximate surface area is 104 Å². The van der Waals surface area contributed by atoms with Crippen LogP contribution in [0.1, 0.15) is 15.9 Å². The number of aldehydes is 1. The molecule has 4 heteroatoms. The van der Waals surface area contributed by atoms with Gasteiger partial charge in [-0.05, 0) is 24.6 Å². The molecule has 1 heterocycles. The molecular weight excluding hydrogens is 268 g/mol. The second-order valence-electron chi connectivity index (χ2n) is 4.20. The van der Waals surface area contributed by atoms with E-state index in [1.165, 1.54) is 0 Å². The molecule has 0 amide bonds. The van der Waals surface area contributed by atoms with E-state index in [1.54, 1.807) is 0 Å². The summed E-state index contributed by atoms with van der Waals surface area (Å²) < 4.78 is 0.978. The van der Waals surface area contributed by atoms with Gasteiger partial charge in [0.1, 0.15) is 6.29 Å². The predicted octanol–water partition coefficient (Wildman–Crippen LogP) is 2.20. The molecule has 2 N–H and O–H groups in total. The molecule has 1 aromatic carbocycles. The summed E-state index contributed by atoms with van der Waals surface area (Å²) in [5, 5.41) is 6.60. The fraction of sp³-hybridized carbons (Fsp3) is 0.417. The van der Waals surface area contributed by atoms with Crippen molar-refractivity contribution in [3.05, 3.63) is 27.7 Å². The maximum atomic E-state index is 10.9. The zero-order valence-electron chi connectivity index (χ0n) is 9.22. The van der Waals surface area contributed by atoms with Crippen LogP contribution in [0.3, 0.4) is 0 Å². The summed E-state index contributed by atoms with van der Waals surface area (Å²) in [7, 11) is 0. The van der Waals surface area contributed by atoms with E-state index >= 15 is 0 Å². The third kappa shape index (κ3) is 2.44. The van der Waals surface area contributed by atoms with Gasteiger partial charge in [-0.2, -0.15) is 0 Å². The molecule has 1 aromatic rings. The van der Waals surface area contributed by atoms with E-state index in [0.29, 0.717) is 5.92 Å². The standard InChI is InChI=1S/C12H15BrN2O/c1-8-10(7-16)2-11(3-12(8)13)15-6-9-4-14-5-9/h2-3,7,9,14-15H,4-6H2,1H3. The molecule has 1 aliphatic heterocycles. The molecule has 1 fully saturated rings. The molecule has 1 aliphatic rings. The number of benzene rings is 1. The van der Waals surface area contributed by atoms with E-state index < -0.39 is 0 Å². The predicted molar refractivity (Wildman–Crippen MR) is 69.1 cm³/mol. The Morgan fingerprint density at radius 1 is 1.56 bits per heavy atom. The minimum absolute atomic E-state index is 0.708. The first kappa shape index (κ1) is 11.6. The van der Waals surface area contributed by atoms with Gasteiger partial charge in [-0.15, -0.1) is 0 Å². The number of rotatable bonds is 4. The molecule has 0 bridgehead atoms. The second kappa shape index (κ2) is 4.97. The lowest BCUT2D eigenvalue weighted by Gasteiger charge is -2.27. The quantitative estimate of drug-likeness (QED) is 0.832. The summed E-state index contributed by atoms with van der Waals surface area (Å²) >= 11 is 3.46. The van der Waals surface area contributed by atoms with Gasteiger partial charge in [0.25, 0.3) is 0 Å². The average molecular weight is 283 g/mol. The van der Waals surface area contributed by atoms with Gasteiger partial charge in [-0.3, -0.25) is 4.79 Å². The molecule has 0 atom stereocenters. The van der Waals surface area contributed by atoms with Gasteiger partial charge in [-0.1, -0.05) is 15.9 Å². The van der Waals surface area contributed by atoms with E-state index in [9.17, 15) is 4.79 Å². The fourth-order valence-corrected chi connectivity index (χ4v) is 2.16. The minimum Gasteiger partial charge on any atom is -0.385 e. The highest BCUT2D eigenvalue weighted by atomic mass is 79.9. The first-order valence-corrected chi connectivity index (χ1v) is 6.20. The van der Waals surface area contributed by atoms with Crippen molar-refractivity contribution in [1.82, 2.24) is 5.32 Å². The maximum absolute atomic E-state index is 10.9. The van der Waals surface area contributed by atoms with Crippen LogP contribution in [0.4, 0.5) is 5.69 Å². The normalized spacial score (nSPS) is 15.6. The molecule has 16 heavy (non-hydrogen) atoms. The Morgan fingerprint density at radius 3 is 2.88 bits per heavy atom. The molecule has 3 nitrogen and oxygen atoms in total. The Bertz CT molecular complexity index is 402. The lowest BCUT2D eigenvalue weighted by molar-refractivity contribution is 0.112. The summed E-state index contributed by atoms with van der Waals surface area (Å²) in [6.07, 6.45) is 0.899. The number of anilines is 1. The van der Waals surface area contributed by atoms with Crippen molar-refractivity contribution in [1.29, 1.82) is 0 Å². The second-order valence-corrected chi connectivity index (χ2v) is 5.05. The van der Waals surface area contributed by atoms with Crippen LogP contribution in [0.2, 0.25) is 0 Å². The van der Waals surface area contributed by atoms with Crippen molar-refractivity contribution in [2.45, 2.75) is 6.92 Å². The molecule has 0 aliphatic carbocycles. The Morgan fingerprint density at radius 2 is 2.31 bits per heavy atom. The zero-order valence-corrected chi connectivity index (χ0v) is 10.8. The lowest BCUT2D eigenvalue weighted by Crippen LogP contribution is -2.45. The third-order valence-electron chi connectivity index (χ3n) is 2.97. The average Bonchev–Trinajstić information content (AvgIpc) is 2.20. The van der Waals surface area contributed by atoms with Crippen LogP contribution in [0.5, 0.6) is 0 Å². The highest BCUT2D eigenvalue weighted by Crippen LogP contribution is 2.24. The number of nitrogens with one attached hydrogen (secondary N) is 2. The molecule has 86 valence electrons. The molecule has 2 rings (SSSR count). The fourth-order valence-electron chi connectivity index (χ4n) is 1.68. The van der Waals surface area contributed by atoms with Gasteiger partial charge in [0.2, 0.25) is 0 Å². The number of hydrogen-bond donors (Lipinski definition) is 2. The summed E-state index contributed by atoms with van der Waals surface area (Å²) in [5.41, 5.74) is 2.74. The van der Waals surface area contributed by atoms with Gasteiger partial charge in [0, 0.05) is 41.3 Å². The molecule has 1 saturated heterocycles. The van der Waals surface area contributed by atoms with E-state index in [2.05, 4.69) is 26.6 Å². The molecular formula is C12H15BrN2O. The van der Waals surface area contributed by atoms with Crippen molar-refractivity contribution < 1.29 is 4.79 Å². The number of carbonyl (C=O) groups excluding carboxylic acids is 1. The van der Waals surface area contributed by atoms with Gasteiger partial charge in [0.15, 0.2) is 0 Å². The highest BCUT2D eigenvalue weighted by molar-refractivity contribution is 9.10. The van der Waals surface area contributed by atoms with Crippen LogP contribution in [0.25, 0.3) is 0 Å². The van der Waals surface area contributed by atoms with Gasteiger partial charge in [0.05, 0.1) is 0 Å². The van der Waals surface area contributed by atoms with E-state index in [-0.39, 0.29) is 0 Å². The van der Waals surface area contributed by atoms with Crippen LogP contribution in [-0.2, 0) is 0 Å². The maximum Gasteiger partial charge on any atom is 0.150 e.